The van der Waals surface area contributed by atoms with Crippen molar-refractivity contribution >= 4 is 26.7 Å². The Balaban J connectivity index is 2.60. The molecule has 9 heavy (non-hydrogen) atoms. The van der Waals surface area contributed by atoms with Gasteiger partial charge in [0.15, 0.2) is 5.25 Å². The summed E-state index contributed by atoms with van der Waals surface area (Å²) in [4.78, 5) is 10.5. The Hall–Kier alpha value is -0.0900. The largest absolute Gasteiger partial charge is 0.465 e. The Labute approximate surface area is 59.3 Å². The fraction of sp³-hybridized carbons (Fsp3) is 0.750. The Morgan fingerprint density at radius 3 is 2.67 bits per heavy atom. The highest BCUT2D eigenvalue weighted by Crippen LogP contribution is 2.14. The summed E-state index contributed by atoms with van der Waals surface area (Å²) in [5.41, 5.74) is 0. The van der Waals surface area contributed by atoms with E-state index in [1.165, 1.54) is 0 Å². The van der Waals surface area contributed by atoms with Gasteiger partial charge in [-0.1, -0.05) is 0 Å². The van der Waals surface area contributed by atoms with E-state index in [0.29, 0.717) is 13.0 Å². The smallest absolute Gasteiger partial charge is 0.323 e. The second-order valence-corrected chi connectivity index (χ2v) is 3.67. The lowest BCUT2D eigenvalue weighted by molar-refractivity contribution is -0.137. The zero-order valence-electron chi connectivity index (χ0n) is 4.50. The molecular formula is C4H5ClO3S. The molecule has 52 valence electrons. The first-order valence-corrected chi connectivity index (χ1v) is 4.49. The van der Waals surface area contributed by atoms with E-state index in [1.54, 1.807) is 0 Å². The quantitative estimate of drug-likeness (QED) is 0.415. The maximum Gasteiger partial charge on any atom is 0.323 e. The molecule has 1 heterocycles. The number of esters is 1. The first kappa shape index (κ1) is 7.02. The molecule has 0 aliphatic carbocycles. The van der Waals surface area contributed by atoms with Crippen molar-refractivity contribution in [3.05, 3.63) is 0 Å². The van der Waals surface area contributed by atoms with E-state index in [1.807, 2.05) is 0 Å². The van der Waals surface area contributed by atoms with Crippen LogP contribution in [0.25, 0.3) is 0 Å². The zero-order chi connectivity index (χ0) is 6.85. The van der Waals surface area contributed by atoms with E-state index < -0.39 is 21.2 Å². The molecule has 0 aromatic heterocycles. The molecule has 3 nitrogen and oxygen atoms in total. The van der Waals surface area contributed by atoms with Crippen molar-refractivity contribution < 1.29 is 13.7 Å². The maximum atomic E-state index is 10.5. The predicted molar refractivity (Wildman–Crippen MR) is 33.4 cm³/mol. The number of carbonyl (C=O) groups excluding carboxylic acids is 1. The van der Waals surface area contributed by atoms with Gasteiger partial charge in [-0.25, -0.2) is 4.21 Å². The van der Waals surface area contributed by atoms with Crippen molar-refractivity contribution in [3.63, 3.8) is 0 Å². The van der Waals surface area contributed by atoms with Crippen molar-refractivity contribution in [2.24, 2.45) is 0 Å². The third-order valence-electron chi connectivity index (χ3n) is 1.11. The van der Waals surface area contributed by atoms with Crippen LogP contribution in [0.4, 0.5) is 0 Å². The summed E-state index contributed by atoms with van der Waals surface area (Å²) in [6, 6.07) is 0. The average Bonchev–Trinajstić information content (AvgIpc) is 2.13. The number of cyclic esters (lactones) is 1. The van der Waals surface area contributed by atoms with Crippen LogP contribution in [0.15, 0.2) is 0 Å². The van der Waals surface area contributed by atoms with E-state index >= 15 is 0 Å². The van der Waals surface area contributed by atoms with Crippen LogP contribution < -0.4 is 0 Å². The van der Waals surface area contributed by atoms with Crippen LogP contribution in [0.1, 0.15) is 6.42 Å². The van der Waals surface area contributed by atoms with Gasteiger partial charge < -0.3 is 4.74 Å². The number of halogens is 1. The van der Waals surface area contributed by atoms with Crippen LogP contribution in [0.2, 0.25) is 0 Å². The Bertz CT molecular complexity index is 158. The normalized spacial score (nSPS) is 29.9. The van der Waals surface area contributed by atoms with Gasteiger partial charge in [0, 0.05) is 6.42 Å². The average molecular weight is 169 g/mol. The van der Waals surface area contributed by atoms with Gasteiger partial charge in [-0.05, 0) is 10.7 Å². The molecule has 0 bridgehead atoms. The van der Waals surface area contributed by atoms with Gasteiger partial charge in [0.1, 0.15) is 10.0 Å². The molecule has 0 spiro atoms. The number of ether oxygens (including phenoxy) is 1. The van der Waals surface area contributed by atoms with Crippen molar-refractivity contribution in [2.75, 3.05) is 6.61 Å². The standard InChI is InChI=1S/C4H5ClO3S/c5-9(7)3-1-2-8-4(3)6/h3H,1-2H2. The lowest BCUT2D eigenvalue weighted by atomic mass is 10.4. The molecule has 0 radical (unpaired) electrons. The molecule has 0 saturated carbocycles. The topological polar surface area (TPSA) is 43.4 Å². The molecule has 2 unspecified atom stereocenters. The molecule has 5 heteroatoms. The van der Waals surface area contributed by atoms with Crippen molar-refractivity contribution in [2.45, 2.75) is 11.7 Å². The molecule has 0 aromatic rings. The number of carbonyl (C=O) groups is 1. The van der Waals surface area contributed by atoms with Crippen LogP contribution in [0.5, 0.6) is 0 Å². The van der Waals surface area contributed by atoms with E-state index in [4.69, 9.17) is 10.7 Å². The van der Waals surface area contributed by atoms with Crippen molar-refractivity contribution in [1.29, 1.82) is 0 Å². The van der Waals surface area contributed by atoms with Gasteiger partial charge in [0.2, 0.25) is 0 Å². The summed E-state index contributed by atoms with van der Waals surface area (Å²) >= 11 is 0. The summed E-state index contributed by atoms with van der Waals surface area (Å²) in [7, 11) is 3.58. The number of hydrogen-bond donors (Lipinski definition) is 0. The third-order valence-corrected chi connectivity index (χ3v) is 2.63. The van der Waals surface area contributed by atoms with Crippen LogP contribution in [-0.2, 0) is 19.5 Å². The second kappa shape index (κ2) is 2.66. The molecule has 0 aromatic carbocycles. The maximum absolute atomic E-state index is 10.5. The highest BCUT2D eigenvalue weighted by atomic mass is 35.7. The first-order valence-electron chi connectivity index (χ1n) is 2.45. The van der Waals surface area contributed by atoms with Gasteiger partial charge in [-0.2, -0.15) is 0 Å². The molecule has 1 aliphatic heterocycles. The van der Waals surface area contributed by atoms with Crippen LogP contribution in [-0.4, -0.2) is 22.0 Å². The van der Waals surface area contributed by atoms with Crippen LogP contribution in [0.3, 0.4) is 0 Å². The minimum Gasteiger partial charge on any atom is -0.465 e. The van der Waals surface area contributed by atoms with Crippen molar-refractivity contribution in [1.82, 2.24) is 0 Å². The highest BCUT2D eigenvalue weighted by molar-refractivity contribution is 8.09. The van der Waals surface area contributed by atoms with Gasteiger partial charge in [-0.15, -0.1) is 0 Å². The summed E-state index contributed by atoms with van der Waals surface area (Å²) in [6.45, 7) is 0.349. The summed E-state index contributed by atoms with van der Waals surface area (Å²) in [6.07, 6.45) is 0.481. The van der Waals surface area contributed by atoms with Gasteiger partial charge >= 0.3 is 5.97 Å². The van der Waals surface area contributed by atoms with Crippen LogP contribution >= 0.6 is 10.7 Å². The van der Waals surface area contributed by atoms with E-state index in [0.717, 1.165) is 0 Å². The molecule has 1 saturated heterocycles. The van der Waals surface area contributed by atoms with E-state index in [9.17, 15) is 9.00 Å². The molecule has 1 fully saturated rings. The van der Waals surface area contributed by atoms with Gasteiger partial charge in [-0.3, -0.25) is 4.79 Å². The lowest BCUT2D eigenvalue weighted by Gasteiger charge is -1.94. The number of hydrogen-bond acceptors (Lipinski definition) is 3. The molecule has 0 N–H and O–H groups in total. The van der Waals surface area contributed by atoms with Gasteiger partial charge in [0.05, 0.1) is 6.61 Å². The fourth-order valence-electron chi connectivity index (χ4n) is 0.646. The Morgan fingerprint density at radius 2 is 2.44 bits per heavy atom. The molecule has 0 amide bonds. The Morgan fingerprint density at radius 1 is 1.78 bits per heavy atom. The Kier molecular flexibility index (Phi) is 2.08. The zero-order valence-corrected chi connectivity index (χ0v) is 6.07. The third kappa shape index (κ3) is 1.43. The highest BCUT2D eigenvalue weighted by Gasteiger charge is 2.30. The molecule has 1 rings (SSSR count). The van der Waals surface area contributed by atoms with Crippen LogP contribution in [0, 0.1) is 0 Å². The first-order chi connectivity index (χ1) is 4.22. The minimum atomic E-state index is -1.57. The summed E-state index contributed by atoms with van der Waals surface area (Å²) in [5, 5.41) is -0.591. The van der Waals surface area contributed by atoms with E-state index in [-0.39, 0.29) is 0 Å². The predicted octanol–water partition coefficient (Wildman–Crippen LogP) is 0.204. The van der Waals surface area contributed by atoms with E-state index in [2.05, 4.69) is 4.74 Å². The molecule has 2 atom stereocenters. The molecular weight excluding hydrogens is 164 g/mol. The lowest BCUT2D eigenvalue weighted by Crippen LogP contribution is -2.16. The monoisotopic (exact) mass is 168 g/mol. The number of rotatable bonds is 1. The second-order valence-electron chi connectivity index (χ2n) is 1.69. The minimum absolute atomic E-state index is 0.349. The summed E-state index contributed by atoms with van der Waals surface area (Å²) in [5.74, 6) is -0.441. The van der Waals surface area contributed by atoms with Gasteiger partial charge in [0.25, 0.3) is 0 Å². The summed E-state index contributed by atoms with van der Waals surface area (Å²) < 4.78 is 14.9. The van der Waals surface area contributed by atoms with Crippen molar-refractivity contribution in [3.8, 4) is 0 Å². The fourth-order valence-corrected chi connectivity index (χ4v) is 1.63. The SMILES string of the molecule is O=C1OCCC1S(=O)Cl. The molecule has 1 aliphatic rings.